The third kappa shape index (κ3) is 38.6. The largest absolute Gasteiger partial charge is 0.394 e. The van der Waals surface area contributed by atoms with Crippen molar-refractivity contribution in [3.05, 3.63) is 12.2 Å². The molecular formula is C50H99NO5. The van der Waals surface area contributed by atoms with Crippen LogP contribution in [0.3, 0.4) is 0 Å². The van der Waals surface area contributed by atoms with Gasteiger partial charge in [-0.15, -0.1) is 0 Å². The Labute approximate surface area is 349 Å². The van der Waals surface area contributed by atoms with Crippen LogP contribution in [-0.4, -0.2) is 57.3 Å². The number of carbonyl (C=O) groups excluding carboxylic acids is 1. The number of carbonyl (C=O) groups is 1. The number of aliphatic hydroxyl groups excluding tert-OH is 4. The predicted molar refractivity (Wildman–Crippen MR) is 242 cm³/mol. The number of unbranched alkanes of at least 4 members (excludes halogenated alkanes) is 35. The lowest BCUT2D eigenvalue weighted by Crippen LogP contribution is -2.53. The van der Waals surface area contributed by atoms with Gasteiger partial charge in [0.15, 0.2) is 0 Å². The molecule has 6 heteroatoms. The molecule has 0 aliphatic carbocycles. The summed E-state index contributed by atoms with van der Waals surface area (Å²) in [5, 5.41) is 43.8. The maximum atomic E-state index is 12.5. The summed E-state index contributed by atoms with van der Waals surface area (Å²) in [6, 6.07) is -0.985. The molecule has 0 aliphatic heterocycles. The third-order valence-corrected chi connectivity index (χ3v) is 12.0. The second-order valence-corrected chi connectivity index (χ2v) is 17.5. The zero-order valence-corrected chi connectivity index (χ0v) is 37.7. The zero-order chi connectivity index (χ0) is 41.0. The van der Waals surface area contributed by atoms with Gasteiger partial charge in [-0.3, -0.25) is 4.79 Å². The normalized spacial score (nSPS) is 14.0. The van der Waals surface area contributed by atoms with Crippen molar-refractivity contribution in [3.8, 4) is 0 Å². The van der Waals surface area contributed by atoms with E-state index in [-0.39, 0.29) is 0 Å². The molecule has 4 unspecified atom stereocenters. The van der Waals surface area contributed by atoms with Crippen molar-refractivity contribution >= 4 is 5.91 Å². The molecular weight excluding hydrogens is 695 g/mol. The average Bonchev–Trinajstić information content (AvgIpc) is 3.20. The van der Waals surface area contributed by atoms with Crippen LogP contribution in [-0.2, 0) is 4.79 Å². The van der Waals surface area contributed by atoms with Gasteiger partial charge >= 0.3 is 0 Å². The van der Waals surface area contributed by atoms with E-state index < -0.39 is 36.9 Å². The summed E-state index contributed by atoms with van der Waals surface area (Å²) >= 11 is 0. The molecule has 0 aromatic carbocycles. The maximum absolute atomic E-state index is 12.5. The van der Waals surface area contributed by atoms with E-state index in [0.29, 0.717) is 12.8 Å². The Morgan fingerprint density at radius 2 is 0.714 bits per heavy atom. The van der Waals surface area contributed by atoms with Crippen molar-refractivity contribution in [2.75, 3.05) is 6.61 Å². The van der Waals surface area contributed by atoms with Crippen LogP contribution < -0.4 is 5.32 Å². The highest BCUT2D eigenvalue weighted by molar-refractivity contribution is 5.80. The third-order valence-electron chi connectivity index (χ3n) is 12.0. The zero-order valence-electron chi connectivity index (χ0n) is 37.7. The van der Waals surface area contributed by atoms with Crippen molar-refractivity contribution in [2.45, 2.75) is 295 Å². The molecule has 0 aromatic rings. The number of allylic oxidation sites excluding steroid dienone is 2. The van der Waals surface area contributed by atoms with Crippen LogP contribution in [0.1, 0.15) is 271 Å². The lowest BCUT2D eigenvalue weighted by Gasteiger charge is -2.27. The second-order valence-electron chi connectivity index (χ2n) is 17.5. The Morgan fingerprint density at radius 3 is 1.05 bits per heavy atom. The summed E-state index contributed by atoms with van der Waals surface area (Å²) in [5.41, 5.74) is 0. The van der Waals surface area contributed by atoms with Crippen LogP contribution >= 0.6 is 0 Å². The van der Waals surface area contributed by atoms with Crippen LogP contribution in [0.5, 0.6) is 0 Å². The second kappa shape index (κ2) is 45.1. The van der Waals surface area contributed by atoms with Crippen molar-refractivity contribution in [2.24, 2.45) is 0 Å². The molecule has 0 bridgehead atoms. The lowest BCUT2D eigenvalue weighted by atomic mass is 9.99. The molecule has 0 spiro atoms. The van der Waals surface area contributed by atoms with E-state index >= 15 is 0 Å². The number of amides is 1. The SMILES string of the molecule is CCCCCC/C=C\CCCCCCCCC(O)C(=O)NC(CO)C(O)C(O)CCCCCCCCCCCCCCCCCCCCCCCCCCCC. The Balaban J connectivity index is 3.61. The summed E-state index contributed by atoms with van der Waals surface area (Å²) in [7, 11) is 0. The standard InChI is InChI=1S/C50H99NO5/c1-3-5-7-9-11-13-15-17-19-20-21-22-23-24-25-26-27-28-29-30-32-33-35-37-39-41-43-47(53)49(55)46(45-52)51-50(56)48(54)44-42-40-38-36-34-31-18-16-14-12-10-8-6-4-2/h14,16,46-49,52-55H,3-13,15,17-45H2,1-2H3,(H,51,56)/b16-14-. The summed E-state index contributed by atoms with van der Waals surface area (Å²) in [4.78, 5) is 12.5. The summed E-state index contributed by atoms with van der Waals surface area (Å²) in [6.07, 6.45) is 51.2. The lowest BCUT2D eigenvalue weighted by molar-refractivity contribution is -0.132. The van der Waals surface area contributed by atoms with Gasteiger partial charge < -0.3 is 25.7 Å². The Bertz CT molecular complexity index is 806. The molecule has 0 heterocycles. The first-order chi connectivity index (χ1) is 27.5. The van der Waals surface area contributed by atoms with Crippen molar-refractivity contribution in [3.63, 3.8) is 0 Å². The van der Waals surface area contributed by atoms with E-state index in [1.807, 2.05) is 0 Å². The molecule has 1 amide bonds. The van der Waals surface area contributed by atoms with E-state index in [0.717, 1.165) is 44.9 Å². The highest BCUT2D eigenvalue weighted by Crippen LogP contribution is 2.18. The Morgan fingerprint density at radius 1 is 0.429 bits per heavy atom. The Kier molecular flexibility index (Phi) is 44.4. The fraction of sp³-hybridized carbons (Fsp3) is 0.940. The number of nitrogens with one attached hydrogen (secondary N) is 1. The van der Waals surface area contributed by atoms with E-state index in [1.54, 1.807) is 0 Å². The minimum atomic E-state index is -1.26. The monoisotopic (exact) mass is 794 g/mol. The number of hydrogen-bond acceptors (Lipinski definition) is 5. The molecule has 5 N–H and O–H groups in total. The van der Waals surface area contributed by atoms with E-state index in [4.69, 9.17) is 0 Å². The quantitative estimate of drug-likeness (QED) is 0.0311. The van der Waals surface area contributed by atoms with Gasteiger partial charge in [-0.25, -0.2) is 0 Å². The topological polar surface area (TPSA) is 110 Å². The van der Waals surface area contributed by atoms with Gasteiger partial charge in [-0.2, -0.15) is 0 Å². The molecule has 0 fully saturated rings. The van der Waals surface area contributed by atoms with Crippen LogP contribution in [0.2, 0.25) is 0 Å². The maximum Gasteiger partial charge on any atom is 0.249 e. The van der Waals surface area contributed by atoms with E-state index in [1.165, 1.54) is 199 Å². The minimum Gasteiger partial charge on any atom is -0.394 e. The van der Waals surface area contributed by atoms with Crippen LogP contribution in [0.15, 0.2) is 12.2 Å². The van der Waals surface area contributed by atoms with Crippen LogP contribution in [0.25, 0.3) is 0 Å². The van der Waals surface area contributed by atoms with E-state index in [9.17, 15) is 25.2 Å². The minimum absolute atomic E-state index is 0.364. The van der Waals surface area contributed by atoms with Gasteiger partial charge in [-0.1, -0.05) is 244 Å². The van der Waals surface area contributed by atoms with Gasteiger partial charge in [0.1, 0.15) is 12.2 Å². The first-order valence-electron chi connectivity index (χ1n) is 25.1. The van der Waals surface area contributed by atoms with Gasteiger partial charge in [0.25, 0.3) is 0 Å². The van der Waals surface area contributed by atoms with Crippen molar-refractivity contribution in [1.82, 2.24) is 5.32 Å². The highest BCUT2D eigenvalue weighted by Gasteiger charge is 2.28. The number of rotatable bonds is 46. The molecule has 0 aromatic heterocycles. The van der Waals surface area contributed by atoms with Crippen LogP contribution in [0.4, 0.5) is 0 Å². The fourth-order valence-electron chi connectivity index (χ4n) is 7.99. The van der Waals surface area contributed by atoms with Crippen molar-refractivity contribution < 1.29 is 25.2 Å². The van der Waals surface area contributed by atoms with Crippen LogP contribution in [0, 0.1) is 0 Å². The molecule has 0 saturated carbocycles. The highest BCUT2D eigenvalue weighted by atomic mass is 16.3. The predicted octanol–water partition coefficient (Wildman–Crippen LogP) is 13.7. The first-order valence-corrected chi connectivity index (χ1v) is 25.1. The number of hydrogen-bond donors (Lipinski definition) is 5. The molecule has 4 atom stereocenters. The van der Waals surface area contributed by atoms with Crippen molar-refractivity contribution in [1.29, 1.82) is 0 Å². The smallest absolute Gasteiger partial charge is 0.249 e. The molecule has 6 nitrogen and oxygen atoms in total. The molecule has 56 heavy (non-hydrogen) atoms. The fourth-order valence-corrected chi connectivity index (χ4v) is 7.99. The van der Waals surface area contributed by atoms with Gasteiger partial charge in [0.05, 0.1) is 18.8 Å². The molecule has 0 radical (unpaired) electrons. The van der Waals surface area contributed by atoms with Gasteiger partial charge in [0, 0.05) is 0 Å². The van der Waals surface area contributed by atoms with E-state index in [2.05, 4.69) is 31.3 Å². The summed E-state index contributed by atoms with van der Waals surface area (Å²) in [6.45, 7) is 4.05. The average molecular weight is 794 g/mol. The summed E-state index contributed by atoms with van der Waals surface area (Å²) < 4.78 is 0. The molecule has 334 valence electrons. The molecule has 0 aliphatic rings. The van der Waals surface area contributed by atoms with Gasteiger partial charge in [0.2, 0.25) is 5.91 Å². The summed E-state index contributed by atoms with van der Waals surface area (Å²) in [5.74, 6) is -0.586. The Hall–Kier alpha value is -0.950. The molecule has 0 saturated heterocycles. The van der Waals surface area contributed by atoms with Gasteiger partial charge in [-0.05, 0) is 38.5 Å². The molecule has 0 rings (SSSR count). The number of aliphatic hydroxyl groups is 4. The first kappa shape index (κ1) is 55.0.